The van der Waals surface area contributed by atoms with Crippen molar-refractivity contribution in [2.75, 3.05) is 5.32 Å². The van der Waals surface area contributed by atoms with Crippen molar-refractivity contribution in [3.05, 3.63) is 36.0 Å². The maximum absolute atomic E-state index is 10.8. The van der Waals surface area contributed by atoms with Gasteiger partial charge in [0, 0.05) is 7.05 Å². The minimum Gasteiger partial charge on any atom is -0.744 e. The molecule has 1 aromatic heterocycles. The van der Waals surface area contributed by atoms with E-state index in [1.807, 2.05) is 36.4 Å². The van der Waals surface area contributed by atoms with Gasteiger partial charge in [0.05, 0.1) is 16.7 Å². The minimum absolute atomic E-state index is 0.230. The van der Waals surface area contributed by atoms with Gasteiger partial charge < -0.3 is 4.55 Å². The van der Waals surface area contributed by atoms with E-state index >= 15 is 0 Å². The maximum atomic E-state index is 10.8. The molecule has 0 amide bonds. The summed E-state index contributed by atoms with van der Waals surface area (Å²) in [7, 11) is -0.544. The second kappa shape index (κ2) is 4.67. The van der Waals surface area contributed by atoms with Gasteiger partial charge in [-0.3, -0.25) is 0 Å². The van der Waals surface area contributed by atoms with Crippen LogP contribution in [0.2, 0.25) is 0 Å². The van der Waals surface area contributed by atoms with Crippen molar-refractivity contribution >= 4 is 21.6 Å². The molecular formula is C12H15N3O3S. The van der Waals surface area contributed by atoms with E-state index in [1.54, 1.807) is 12.1 Å². The molecule has 0 spiro atoms. The van der Waals surface area contributed by atoms with E-state index in [4.69, 9.17) is 0 Å². The first-order chi connectivity index (χ1) is 8.79. The second-order valence-corrected chi connectivity index (χ2v) is 5.70. The Labute approximate surface area is 112 Å². The smallest absolute Gasteiger partial charge is 0.300 e. The molecule has 0 saturated heterocycles. The average Bonchev–Trinajstić information content (AvgIpc) is 2.57. The molecule has 19 heavy (non-hydrogen) atoms. The van der Waals surface area contributed by atoms with Crippen LogP contribution in [0.25, 0.3) is 0 Å². The van der Waals surface area contributed by atoms with Gasteiger partial charge in [0.15, 0.2) is 0 Å². The van der Waals surface area contributed by atoms with Crippen LogP contribution in [0.4, 0.5) is 11.5 Å². The van der Waals surface area contributed by atoms with Gasteiger partial charge in [0.1, 0.15) is 22.9 Å². The summed E-state index contributed by atoms with van der Waals surface area (Å²) in [6.07, 6.45) is 0. The summed E-state index contributed by atoms with van der Waals surface area (Å²) in [5.74, 6) is 0.873. The highest BCUT2D eigenvalue weighted by Gasteiger charge is 2.13. The van der Waals surface area contributed by atoms with Crippen LogP contribution >= 0.6 is 0 Å². The standard InChI is InChI=1S/C12H15N3O3S/c1-9-8-12(15(3)14(9)2)13-10-4-6-11(7-5-10)19(16,17)18/h4-8H,1-3H3,(H,16,17,18). The highest BCUT2D eigenvalue weighted by molar-refractivity contribution is 7.85. The van der Waals surface area contributed by atoms with E-state index < -0.39 is 10.1 Å². The van der Waals surface area contributed by atoms with Crippen molar-refractivity contribution in [3.63, 3.8) is 0 Å². The Balaban J connectivity index is 2.27. The molecule has 0 bridgehead atoms. The van der Waals surface area contributed by atoms with Crippen LogP contribution in [-0.4, -0.2) is 17.7 Å². The van der Waals surface area contributed by atoms with Gasteiger partial charge in [-0.2, -0.15) is 4.68 Å². The van der Waals surface area contributed by atoms with Crippen LogP contribution < -0.4 is 10.00 Å². The SMILES string of the molecule is Cc1cc(Nc2ccc(S(=O)(=O)[O-])cc2)[n+](C)n1C. The molecule has 0 fully saturated rings. The number of benzene rings is 1. The molecule has 0 aliphatic rings. The van der Waals surface area contributed by atoms with Crippen molar-refractivity contribution < 1.29 is 17.7 Å². The van der Waals surface area contributed by atoms with Crippen molar-refractivity contribution in [2.45, 2.75) is 11.8 Å². The number of nitrogens with one attached hydrogen (secondary N) is 1. The van der Waals surface area contributed by atoms with E-state index in [-0.39, 0.29) is 4.90 Å². The lowest BCUT2D eigenvalue weighted by atomic mass is 10.3. The number of aryl methyl sites for hydroxylation is 1. The Hall–Kier alpha value is -1.86. The Kier molecular flexibility index (Phi) is 3.34. The van der Waals surface area contributed by atoms with Gasteiger partial charge >= 0.3 is 0 Å². The zero-order valence-electron chi connectivity index (χ0n) is 10.9. The monoisotopic (exact) mass is 281 g/mol. The van der Waals surface area contributed by atoms with Crippen LogP contribution in [-0.2, 0) is 24.2 Å². The van der Waals surface area contributed by atoms with Gasteiger partial charge in [-0.25, -0.2) is 18.4 Å². The van der Waals surface area contributed by atoms with Gasteiger partial charge in [0.25, 0.3) is 5.82 Å². The summed E-state index contributed by atoms with van der Waals surface area (Å²) in [6, 6.07) is 7.68. The van der Waals surface area contributed by atoms with Crippen molar-refractivity contribution in [3.8, 4) is 0 Å². The highest BCUT2D eigenvalue weighted by Crippen LogP contribution is 2.17. The van der Waals surface area contributed by atoms with Gasteiger partial charge in [-0.1, -0.05) is 0 Å². The van der Waals surface area contributed by atoms with E-state index in [1.165, 1.54) is 12.1 Å². The molecule has 0 aliphatic heterocycles. The molecule has 6 nitrogen and oxygen atoms in total. The quantitative estimate of drug-likeness (QED) is 0.667. The normalized spacial score (nSPS) is 11.6. The Bertz CT molecular complexity index is 703. The number of anilines is 2. The zero-order chi connectivity index (χ0) is 14.2. The molecule has 102 valence electrons. The van der Waals surface area contributed by atoms with E-state index in [0.717, 1.165) is 11.5 Å². The van der Waals surface area contributed by atoms with Crippen molar-refractivity contribution in [2.24, 2.45) is 14.1 Å². The van der Waals surface area contributed by atoms with Crippen molar-refractivity contribution in [1.29, 1.82) is 0 Å². The fraction of sp³-hybridized carbons (Fsp3) is 0.250. The molecule has 2 aromatic rings. The summed E-state index contributed by atoms with van der Waals surface area (Å²) in [6.45, 7) is 1.98. The van der Waals surface area contributed by atoms with Crippen molar-refractivity contribution in [1.82, 2.24) is 4.68 Å². The molecule has 0 unspecified atom stereocenters. The molecule has 1 aromatic carbocycles. The third kappa shape index (κ3) is 2.77. The third-order valence-electron chi connectivity index (χ3n) is 3.07. The third-order valence-corrected chi connectivity index (χ3v) is 3.92. The predicted molar refractivity (Wildman–Crippen MR) is 69.0 cm³/mol. The number of rotatable bonds is 3. The number of hydrogen-bond donors (Lipinski definition) is 1. The Morgan fingerprint density at radius 3 is 2.26 bits per heavy atom. The fourth-order valence-electron chi connectivity index (χ4n) is 1.75. The largest absolute Gasteiger partial charge is 0.744 e. The number of nitrogens with zero attached hydrogens (tertiary/aromatic N) is 2. The first-order valence-electron chi connectivity index (χ1n) is 5.64. The molecule has 1 heterocycles. The highest BCUT2D eigenvalue weighted by atomic mass is 32.2. The van der Waals surface area contributed by atoms with Gasteiger partial charge in [-0.15, -0.1) is 0 Å². The molecule has 2 rings (SSSR count). The summed E-state index contributed by atoms with van der Waals surface area (Å²) in [4.78, 5) is -0.230. The molecule has 0 aliphatic carbocycles. The molecule has 1 N–H and O–H groups in total. The van der Waals surface area contributed by atoms with Crippen LogP contribution in [0, 0.1) is 6.92 Å². The lowest BCUT2D eigenvalue weighted by Crippen LogP contribution is -2.39. The summed E-state index contributed by atoms with van der Waals surface area (Å²) < 4.78 is 36.4. The van der Waals surface area contributed by atoms with Crippen LogP contribution in [0.3, 0.4) is 0 Å². The number of hydrogen-bond acceptors (Lipinski definition) is 4. The first kappa shape index (κ1) is 13.6. The van der Waals surface area contributed by atoms with Gasteiger partial charge in [0.2, 0.25) is 0 Å². The molecule has 0 saturated carbocycles. The predicted octanol–water partition coefficient (Wildman–Crippen LogP) is 0.806. The van der Waals surface area contributed by atoms with Gasteiger partial charge in [-0.05, 0) is 31.2 Å². The molecule has 7 heteroatoms. The summed E-state index contributed by atoms with van der Waals surface area (Å²) >= 11 is 0. The summed E-state index contributed by atoms with van der Waals surface area (Å²) in [5, 5.41) is 3.16. The van der Waals surface area contributed by atoms with Crippen LogP contribution in [0.15, 0.2) is 35.2 Å². The molecule has 0 radical (unpaired) electrons. The van der Waals surface area contributed by atoms with E-state index in [2.05, 4.69) is 5.32 Å². The Morgan fingerprint density at radius 1 is 1.26 bits per heavy atom. The zero-order valence-corrected chi connectivity index (χ0v) is 11.7. The lowest BCUT2D eigenvalue weighted by Gasteiger charge is -2.06. The fourth-order valence-corrected chi connectivity index (χ4v) is 2.22. The Morgan fingerprint density at radius 2 is 1.84 bits per heavy atom. The first-order valence-corrected chi connectivity index (χ1v) is 7.05. The average molecular weight is 281 g/mol. The molecular weight excluding hydrogens is 266 g/mol. The van der Waals surface area contributed by atoms with Crippen LogP contribution in [0.1, 0.15) is 5.69 Å². The topological polar surface area (TPSA) is 78.0 Å². The summed E-state index contributed by atoms with van der Waals surface area (Å²) in [5.41, 5.74) is 1.80. The maximum Gasteiger partial charge on any atom is 0.300 e. The number of aromatic nitrogens is 2. The minimum atomic E-state index is -4.39. The van der Waals surface area contributed by atoms with E-state index in [0.29, 0.717) is 5.69 Å². The van der Waals surface area contributed by atoms with Crippen LogP contribution in [0.5, 0.6) is 0 Å². The second-order valence-electron chi connectivity index (χ2n) is 4.32. The molecule has 0 atom stereocenters. The lowest BCUT2D eigenvalue weighted by molar-refractivity contribution is -0.738. The van der Waals surface area contributed by atoms with E-state index in [9.17, 15) is 13.0 Å².